The van der Waals surface area contributed by atoms with E-state index in [4.69, 9.17) is 0 Å². The molecule has 0 bridgehead atoms. The van der Waals surface area contributed by atoms with Crippen molar-refractivity contribution in [3.05, 3.63) is 39.8 Å². The summed E-state index contributed by atoms with van der Waals surface area (Å²) in [6.07, 6.45) is 0. The molecule has 2 heterocycles. The van der Waals surface area contributed by atoms with E-state index in [1.807, 2.05) is 13.8 Å². The molecule has 114 valence electrons. The van der Waals surface area contributed by atoms with Gasteiger partial charge in [-0.1, -0.05) is 6.92 Å². The highest BCUT2D eigenvalue weighted by atomic mass is 32.2. The first kappa shape index (κ1) is 15.9. The van der Waals surface area contributed by atoms with Gasteiger partial charge in [-0.15, -0.1) is 11.3 Å². The predicted octanol–water partition coefficient (Wildman–Crippen LogP) is 2.67. The molecule has 21 heavy (non-hydrogen) atoms. The number of aromatic nitrogens is 1. The summed E-state index contributed by atoms with van der Waals surface area (Å²) in [5.74, 6) is 0. The van der Waals surface area contributed by atoms with Crippen molar-refractivity contribution < 1.29 is 8.42 Å². The maximum atomic E-state index is 12.4. The average Bonchev–Trinajstić information content (AvgIpc) is 2.89. The van der Waals surface area contributed by atoms with Crippen LogP contribution in [-0.2, 0) is 16.6 Å². The highest BCUT2D eigenvalue weighted by Gasteiger charge is 2.17. The minimum atomic E-state index is -3.56. The van der Waals surface area contributed by atoms with Gasteiger partial charge in [-0.3, -0.25) is 9.71 Å². The molecule has 0 saturated heterocycles. The zero-order chi connectivity index (χ0) is 15.5. The Morgan fingerprint density at radius 2 is 2.05 bits per heavy atom. The molecule has 0 unspecified atom stereocenters. The summed E-state index contributed by atoms with van der Waals surface area (Å²) in [5.41, 5.74) is 2.04. The van der Waals surface area contributed by atoms with Gasteiger partial charge in [-0.2, -0.15) is 0 Å². The Morgan fingerprint density at radius 3 is 2.71 bits per heavy atom. The first-order chi connectivity index (χ1) is 9.92. The third-order valence-electron chi connectivity index (χ3n) is 2.96. The van der Waals surface area contributed by atoms with Crippen LogP contribution in [0.3, 0.4) is 0 Å². The Bertz CT molecular complexity index is 724. The van der Waals surface area contributed by atoms with Crippen molar-refractivity contribution in [2.45, 2.75) is 32.2 Å². The maximum Gasteiger partial charge on any atom is 0.262 e. The quantitative estimate of drug-likeness (QED) is 0.856. The zero-order valence-electron chi connectivity index (χ0n) is 12.3. The summed E-state index contributed by atoms with van der Waals surface area (Å²) < 4.78 is 27.3. The lowest BCUT2D eigenvalue weighted by atomic mass is 10.3. The molecule has 2 aromatic heterocycles. The number of hydrogen-bond donors (Lipinski definition) is 2. The van der Waals surface area contributed by atoms with Crippen molar-refractivity contribution in [1.29, 1.82) is 0 Å². The van der Waals surface area contributed by atoms with E-state index in [-0.39, 0.29) is 0 Å². The van der Waals surface area contributed by atoms with Gasteiger partial charge in [0.1, 0.15) is 0 Å². The van der Waals surface area contributed by atoms with Crippen LogP contribution >= 0.6 is 11.3 Å². The van der Waals surface area contributed by atoms with Crippen LogP contribution in [0, 0.1) is 13.8 Å². The second-order valence-electron chi connectivity index (χ2n) is 4.72. The molecule has 0 aliphatic carbocycles. The second-order valence-corrected chi connectivity index (χ2v) is 7.40. The van der Waals surface area contributed by atoms with Gasteiger partial charge in [-0.25, -0.2) is 8.42 Å². The Balaban J connectivity index is 2.19. The average molecular weight is 325 g/mol. The molecule has 0 atom stereocenters. The van der Waals surface area contributed by atoms with E-state index in [2.05, 4.69) is 15.0 Å². The number of hydrogen-bond acceptors (Lipinski definition) is 5. The largest absolute Gasteiger partial charge is 0.312 e. The van der Waals surface area contributed by atoms with Gasteiger partial charge < -0.3 is 5.32 Å². The van der Waals surface area contributed by atoms with E-state index in [0.29, 0.717) is 22.8 Å². The van der Waals surface area contributed by atoms with Gasteiger partial charge in [0.2, 0.25) is 0 Å². The lowest BCUT2D eigenvalue weighted by molar-refractivity contribution is 0.601. The smallest absolute Gasteiger partial charge is 0.262 e. The number of aryl methyl sites for hydroxylation is 2. The Labute approximate surface area is 129 Å². The van der Waals surface area contributed by atoms with Crippen molar-refractivity contribution in [1.82, 2.24) is 10.3 Å². The molecule has 7 heteroatoms. The van der Waals surface area contributed by atoms with Gasteiger partial charge in [0.25, 0.3) is 10.0 Å². The van der Waals surface area contributed by atoms with Crippen LogP contribution in [-0.4, -0.2) is 19.9 Å². The van der Waals surface area contributed by atoms with Crippen LogP contribution in [0.2, 0.25) is 0 Å². The van der Waals surface area contributed by atoms with E-state index in [9.17, 15) is 8.42 Å². The fraction of sp³-hybridized carbons (Fsp3) is 0.357. The molecule has 0 aromatic carbocycles. The van der Waals surface area contributed by atoms with Crippen molar-refractivity contribution in [3.8, 4) is 0 Å². The summed E-state index contributed by atoms with van der Waals surface area (Å²) in [5, 5.41) is 4.84. The molecule has 5 nitrogen and oxygen atoms in total. The van der Waals surface area contributed by atoms with Gasteiger partial charge in [-0.05, 0) is 38.6 Å². The molecule has 0 aliphatic heterocycles. The minimum absolute atomic E-state index is 0.292. The van der Waals surface area contributed by atoms with Gasteiger partial charge in [0, 0.05) is 22.5 Å². The topological polar surface area (TPSA) is 71.1 Å². The molecule has 0 spiro atoms. The van der Waals surface area contributed by atoms with E-state index in [1.54, 1.807) is 30.5 Å². The van der Waals surface area contributed by atoms with E-state index in [1.165, 1.54) is 11.3 Å². The van der Waals surface area contributed by atoms with Crippen LogP contribution < -0.4 is 10.0 Å². The third-order valence-corrected chi connectivity index (χ3v) is 5.39. The molecule has 2 aromatic rings. The summed E-state index contributed by atoms with van der Waals surface area (Å²) in [7, 11) is -3.56. The number of pyridine rings is 1. The maximum absolute atomic E-state index is 12.4. The number of anilines is 1. The molecular formula is C14H19N3O2S2. The molecule has 0 radical (unpaired) electrons. The van der Waals surface area contributed by atoms with Crippen molar-refractivity contribution in [2.75, 3.05) is 11.3 Å². The van der Waals surface area contributed by atoms with Crippen LogP contribution in [0.25, 0.3) is 0 Å². The molecule has 2 rings (SSSR count). The monoisotopic (exact) mass is 325 g/mol. The number of nitrogens with zero attached hydrogens (tertiary/aromatic N) is 1. The Hall–Kier alpha value is -1.44. The first-order valence-corrected chi connectivity index (χ1v) is 9.04. The van der Waals surface area contributed by atoms with Crippen LogP contribution in [0.1, 0.15) is 23.2 Å². The third kappa shape index (κ3) is 4.03. The molecule has 2 N–H and O–H groups in total. The Kier molecular flexibility index (Phi) is 4.97. The SMILES string of the molecule is CCNCc1cc(S(=O)(=O)Nc2ccc(C)nc2C)cs1. The standard InChI is InChI=1S/C14H19N3O2S2/c1-4-15-8-12-7-13(9-20-12)21(18,19)17-14-6-5-10(2)16-11(14)3/h5-7,9,15,17H,4,8H2,1-3H3. The van der Waals surface area contributed by atoms with Crippen molar-refractivity contribution in [2.24, 2.45) is 0 Å². The van der Waals surface area contributed by atoms with E-state index < -0.39 is 10.0 Å². The highest BCUT2D eigenvalue weighted by molar-refractivity contribution is 7.92. The van der Waals surface area contributed by atoms with E-state index in [0.717, 1.165) is 17.1 Å². The fourth-order valence-corrected chi connectivity index (χ4v) is 4.20. The summed E-state index contributed by atoms with van der Waals surface area (Å²) in [6, 6.07) is 5.23. The number of nitrogens with one attached hydrogen (secondary N) is 2. The van der Waals surface area contributed by atoms with Crippen LogP contribution in [0.4, 0.5) is 5.69 Å². The molecular weight excluding hydrogens is 306 g/mol. The number of sulfonamides is 1. The summed E-state index contributed by atoms with van der Waals surface area (Å²) in [4.78, 5) is 5.55. The van der Waals surface area contributed by atoms with Crippen LogP contribution in [0.15, 0.2) is 28.5 Å². The van der Waals surface area contributed by atoms with E-state index >= 15 is 0 Å². The second kappa shape index (κ2) is 6.55. The number of thiophene rings is 1. The lowest BCUT2D eigenvalue weighted by Gasteiger charge is -2.09. The van der Waals surface area contributed by atoms with Crippen LogP contribution in [0.5, 0.6) is 0 Å². The molecule has 0 saturated carbocycles. The highest BCUT2D eigenvalue weighted by Crippen LogP contribution is 2.23. The van der Waals surface area contributed by atoms with Gasteiger partial charge in [0.15, 0.2) is 0 Å². The number of rotatable bonds is 6. The predicted molar refractivity (Wildman–Crippen MR) is 86.2 cm³/mol. The normalized spacial score (nSPS) is 11.6. The minimum Gasteiger partial charge on any atom is -0.312 e. The molecule has 0 aliphatic rings. The summed E-state index contributed by atoms with van der Waals surface area (Å²) >= 11 is 1.44. The Morgan fingerprint density at radius 1 is 1.29 bits per heavy atom. The fourth-order valence-electron chi connectivity index (χ4n) is 1.84. The van der Waals surface area contributed by atoms with Crippen molar-refractivity contribution in [3.63, 3.8) is 0 Å². The first-order valence-electron chi connectivity index (χ1n) is 6.67. The lowest BCUT2D eigenvalue weighted by Crippen LogP contribution is -2.14. The summed E-state index contributed by atoms with van der Waals surface area (Å²) in [6.45, 7) is 7.21. The zero-order valence-corrected chi connectivity index (χ0v) is 13.9. The van der Waals surface area contributed by atoms with Gasteiger partial charge >= 0.3 is 0 Å². The van der Waals surface area contributed by atoms with Crippen molar-refractivity contribution >= 4 is 27.0 Å². The molecule has 0 fully saturated rings. The molecule has 0 amide bonds. The van der Waals surface area contributed by atoms with Gasteiger partial charge in [0.05, 0.1) is 16.3 Å².